The standard InChI is InChI=1S/C41H62N8O7S/c1-9-39(36(54)47-57(55,56)48(10-2)11-3)23-29(39)44-33(51)28-22-41(38(7,8)40(41)18-15-19-40)25-49(28)35(53)31(37(4,5)6)46-34(52)30(26-16-13-12-14-17-26)45-32(50)27-24-42-20-21-43-27/h9,20-21,24,26,28-31H,1,10-19,22-23,25H2,2-8H3,(H,44,51)(H,45,50)(H,46,52)(H,47,54)/t28-,29+,30-,31+,39+,41+/m0/s1. The Labute approximate surface area is 337 Å². The number of nitrogens with zero attached hydrogens (tertiary/aromatic N) is 4. The van der Waals surface area contributed by atoms with Gasteiger partial charge in [-0.3, -0.25) is 29.0 Å². The molecule has 0 radical (unpaired) electrons. The van der Waals surface area contributed by atoms with Crippen LogP contribution >= 0.6 is 0 Å². The Balaban J connectivity index is 1.25. The van der Waals surface area contributed by atoms with Crippen LogP contribution in [-0.2, 0) is 29.4 Å². The van der Waals surface area contributed by atoms with Crippen molar-refractivity contribution in [2.75, 3.05) is 19.6 Å². The van der Waals surface area contributed by atoms with Gasteiger partial charge >= 0.3 is 10.2 Å². The molecule has 2 spiro atoms. The first-order chi connectivity index (χ1) is 26.8. The van der Waals surface area contributed by atoms with E-state index in [1.54, 1.807) is 18.7 Å². The Bertz CT molecular complexity index is 1870. The first-order valence-electron chi connectivity index (χ1n) is 20.7. The molecule has 4 saturated carbocycles. The molecule has 16 heteroatoms. The van der Waals surface area contributed by atoms with Crippen molar-refractivity contribution < 1.29 is 32.4 Å². The topological polar surface area (TPSA) is 200 Å². The summed E-state index contributed by atoms with van der Waals surface area (Å²) in [5.41, 5.74) is -2.49. The number of carbonyl (C=O) groups is 5. The van der Waals surface area contributed by atoms with E-state index < -0.39 is 68.8 Å². The van der Waals surface area contributed by atoms with Gasteiger partial charge in [0, 0.05) is 43.5 Å². The van der Waals surface area contributed by atoms with Gasteiger partial charge in [-0.05, 0) is 60.7 Å². The molecular formula is C41H62N8O7S. The molecule has 57 heavy (non-hydrogen) atoms. The van der Waals surface area contributed by atoms with Crippen LogP contribution in [0.25, 0.3) is 0 Å². The zero-order chi connectivity index (χ0) is 41.8. The summed E-state index contributed by atoms with van der Waals surface area (Å²) in [6, 6.07) is -3.58. The van der Waals surface area contributed by atoms with Crippen molar-refractivity contribution >= 4 is 39.7 Å². The lowest BCUT2D eigenvalue weighted by atomic mass is 9.73. The van der Waals surface area contributed by atoms with Gasteiger partial charge in [0.1, 0.15) is 23.8 Å². The normalized spacial score (nSPS) is 28.5. The van der Waals surface area contributed by atoms with Crippen LogP contribution in [0.1, 0.15) is 123 Å². The molecule has 4 aliphatic carbocycles. The number of hydrogen-bond donors (Lipinski definition) is 4. The summed E-state index contributed by atoms with van der Waals surface area (Å²) in [4.78, 5) is 80.5. The molecule has 0 aromatic carbocycles. The van der Waals surface area contributed by atoms with Crippen molar-refractivity contribution in [1.82, 2.24) is 39.8 Å². The van der Waals surface area contributed by atoms with Crippen molar-refractivity contribution in [3.63, 3.8) is 0 Å². The molecule has 1 aliphatic heterocycles. The lowest BCUT2D eigenvalue weighted by molar-refractivity contribution is -0.144. The Morgan fingerprint density at radius 3 is 2.18 bits per heavy atom. The van der Waals surface area contributed by atoms with Crippen LogP contribution in [0.3, 0.4) is 0 Å². The maximum Gasteiger partial charge on any atom is 0.303 e. The molecule has 0 bridgehead atoms. The monoisotopic (exact) mass is 810 g/mol. The van der Waals surface area contributed by atoms with Crippen LogP contribution in [0.15, 0.2) is 31.2 Å². The zero-order valence-corrected chi connectivity index (χ0v) is 35.5. The van der Waals surface area contributed by atoms with Gasteiger partial charge < -0.3 is 20.9 Å². The van der Waals surface area contributed by atoms with E-state index in [0.717, 1.165) is 55.7 Å². The highest BCUT2D eigenvalue weighted by Gasteiger charge is 2.85. The van der Waals surface area contributed by atoms with E-state index in [9.17, 15) is 27.6 Å². The number of likely N-dealkylation sites (tertiary alicyclic amines) is 1. The Morgan fingerprint density at radius 2 is 1.65 bits per heavy atom. The van der Waals surface area contributed by atoms with E-state index in [0.29, 0.717) is 13.0 Å². The summed E-state index contributed by atoms with van der Waals surface area (Å²) in [7, 11) is -4.10. The van der Waals surface area contributed by atoms with Gasteiger partial charge in [-0.1, -0.05) is 80.2 Å². The first-order valence-corrected chi connectivity index (χ1v) is 22.1. The van der Waals surface area contributed by atoms with Crippen LogP contribution in [0.5, 0.6) is 0 Å². The van der Waals surface area contributed by atoms with Gasteiger partial charge in [0.15, 0.2) is 0 Å². The fraction of sp³-hybridized carbons (Fsp3) is 0.732. The molecule has 1 aromatic heterocycles. The van der Waals surface area contributed by atoms with Gasteiger partial charge in [0.2, 0.25) is 23.6 Å². The summed E-state index contributed by atoms with van der Waals surface area (Å²) in [6.45, 7) is 17.9. The summed E-state index contributed by atoms with van der Waals surface area (Å²) in [5, 5.41) is 8.96. The van der Waals surface area contributed by atoms with Gasteiger partial charge in [-0.15, -0.1) is 6.58 Å². The van der Waals surface area contributed by atoms with Gasteiger partial charge in [0.05, 0.1) is 11.6 Å². The van der Waals surface area contributed by atoms with Crippen LogP contribution < -0.4 is 20.7 Å². The van der Waals surface area contributed by atoms with Gasteiger partial charge in [-0.25, -0.2) is 9.71 Å². The summed E-state index contributed by atoms with van der Waals surface area (Å²) in [6.07, 6.45) is 13.7. The minimum Gasteiger partial charge on any atom is -0.350 e. The predicted octanol–water partition coefficient (Wildman–Crippen LogP) is 3.25. The van der Waals surface area contributed by atoms with Gasteiger partial charge in [0.25, 0.3) is 5.91 Å². The second-order valence-corrected chi connectivity index (χ2v) is 20.3. The number of fused-ring (bicyclic) bond motifs is 1. The molecule has 1 aromatic rings. The maximum absolute atomic E-state index is 15.1. The molecule has 5 aliphatic rings. The number of amides is 5. The molecule has 0 unspecified atom stereocenters. The number of nitrogens with one attached hydrogen (secondary N) is 4. The average Bonchev–Trinajstić information content (AvgIpc) is 3.87. The quantitative estimate of drug-likeness (QED) is 0.204. The number of rotatable bonds is 14. The first kappa shape index (κ1) is 42.7. The summed E-state index contributed by atoms with van der Waals surface area (Å²) in [5.74, 6) is -2.72. The highest BCUT2D eigenvalue weighted by Crippen LogP contribution is 2.88. The lowest BCUT2D eigenvalue weighted by Crippen LogP contribution is -2.61. The van der Waals surface area contributed by atoms with Crippen LogP contribution in [0.4, 0.5) is 0 Å². The van der Waals surface area contributed by atoms with Crippen LogP contribution in [0.2, 0.25) is 0 Å². The molecular weight excluding hydrogens is 749 g/mol. The minimum atomic E-state index is -4.10. The Hall–Kier alpha value is -3.92. The van der Waals surface area contributed by atoms with E-state index >= 15 is 4.79 Å². The molecule has 314 valence electrons. The van der Waals surface area contributed by atoms with E-state index in [-0.39, 0.29) is 53.3 Å². The van der Waals surface area contributed by atoms with Crippen LogP contribution in [0, 0.1) is 33.0 Å². The number of hydrogen-bond acceptors (Lipinski definition) is 9. The van der Waals surface area contributed by atoms with Crippen molar-refractivity contribution in [1.29, 1.82) is 0 Å². The van der Waals surface area contributed by atoms with E-state index in [1.165, 1.54) is 24.7 Å². The molecule has 2 heterocycles. The molecule has 1 saturated heterocycles. The third-order valence-corrected chi connectivity index (χ3v) is 16.3. The third kappa shape index (κ3) is 7.27. The van der Waals surface area contributed by atoms with E-state index in [1.807, 2.05) is 20.8 Å². The van der Waals surface area contributed by atoms with E-state index in [4.69, 9.17) is 0 Å². The van der Waals surface area contributed by atoms with Crippen LogP contribution in [-0.4, -0.2) is 101 Å². The third-order valence-electron chi connectivity index (χ3n) is 14.7. The van der Waals surface area contributed by atoms with Crippen molar-refractivity contribution in [2.24, 2.45) is 33.0 Å². The van der Waals surface area contributed by atoms with Gasteiger partial charge in [-0.2, -0.15) is 12.7 Å². The van der Waals surface area contributed by atoms with Crippen molar-refractivity contribution in [3.8, 4) is 0 Å². The number of carbonyl (C=O) groups excluding carboxylic acids is 5. The average molecular weight is 811 g/mol. The summed E-state index contributed by atoms with van der Waals surface area (Å²) < 4.78 is 29.2. The molecule has 5 amide bonds. The lowest BCUT2D eigenvalue weighted by Gasteiger charge is -2.37. The maximum atomic E-state index is 15.1. The molecule has 15 nitrogen and oxygen atoms in total. The second-order valence-electron chi connectivity index (χ2n) is 18.6. The Morgan fingerprint density at radius 1 is 0.982 bits per heavy atom. The minimum absolute atomic E-state index is 0.00609. The van der Waals surface area contributed by atoms with Crippen molar-refractivity contribution in [2.45, 2.75) is 137 Å². The Kier molecular flexibility index (Phi) is 11.5. The molecule has 4 N–H and O–H groups in total. The second kappa shape index (κ2) is 15.4. The smallest absolute Gasteiger partial charge is 0.303 e. The van der Waals surface area contributed by atoms with E-state index in [2.05, 4.69) is 51.1 Å². The fourth-order valence-corrected chi connectivity index (χ4v) is 12.0. The highest BCUT2D eigenvalue weighted by molar-refractivity contribution is 7.87. The summed E-state index contributed by atoms with van der Waals surface area (Å²) >= 11 is 0. The predicted molar refractivity (Wildman–Crippen MR) is 213 cm³/mol. The highest BCUT2D eigenvalue weighted by atomic mass is 32.2. The zero-order valence-electron chi connectivity index (χ0n) is 34.7. The largest absolute Gasteiger partial charge is 0.350 e. The molecule has 5 fully saturated rings. The fourth-order valence-electron chi connectivity index (χ4n) is 10.7. The van der Waals surface area contributed by atoms with Crippen molar-refractivity contribution in [3.05, 3.63) is 36.9 Å². The number of aromatic nitrogens is 2. The SMILES string of the molecule is C=C[C@@]1(C(=O)NS(=O)(=O)N(CC)CC)C[C@H]1NC(=O)[C@@H]1C[C@@]2(CN1C(=O)[C@@H](NC(=O)[C@@H](NC(=O)c1cnccn1)C1CCCCC1)C(C)(C)C)C(C)(C)C21CCC1. The molecule has 6 rings (SSSR count). The molecule has 6 atom stereocenters.